The van der Waals surface area contributed by atoms with Gasteiger partial charge in [-0.1, -0.05) is 44.2 Å². The maximum absolute atomic E-state index is 13.7. The number of halogens is 3. The Labute approximate surface area is 232 Å². The molecule has 36 heavy (non-hydrogen) atoms. The van der Waals surface area contributed by atoms with Crippen LogP contribution in [0.4, 0.5) is 0 Å². The molecule has 0 aromatic carbocycles. The van der Waals surface area contributed by atoms with Crippen LogP contribution in [-0.4, -0.2) is 73.8 Å². The van der Waals surface area contributed by atoms with E-state index >= 15 is 0 Å². The van der Waals surface area contributed by atoms with E-state index in [4.69, 9.17) is 11.6 Å². The first kappa shape index (κ1) is 31.2. The van der Waals surface area contributed by atoms with Crippen molar-refractivity contribution in [2.45, 2.75) is 95.9 Å². The number of nitrogens with one attached hydrogen (secondary N) is 1. The van der Waals surface area contributed by atoms with Crippen molar-refractivity contribution in [2.24, 2.45) is 13.0 Å². The topological polar surface area (TPSA) is 90.7 Å². The predicted octanol–water partition coefficient (Wildman–Crippen LogP) is 3.63. The van der Waals surface area contributed by atoms with Crippen molar-refractivity contribution in [3.63, 3.8) is 0 Å². The maximum Gasteiger partial charge on any atom is 0.248 e. The molecule has 206 valence electrons. The summed E-state index contributed by atoms with van der Waals surface area (Å²) in [6.45, 7) is 6.70. The molecule has 2 amide bonds. The number of piperidine rings is 1. The van der Waals surface area contributed by atoms with E-state index in [0.717, 1.165) is 49.8 Å². The summed E-state index contributed by atoms with van der Waals surface area (Å²) in [5, 5.41) is 19.1. The summed E-state index contributed by atoms with van der Waals surface area (Å²) in [5.74, 6) is -0.122. The number of aromatic nitrogens is 2. The lowest BCUT2D eigenvalue weighted by molar-refractivity contribution is -0.166. The predicted molar refractivity (Wildman–Crippen MR) is 146 cm³/mol. The van der Waals surface area contributed by atoms with Crippen molar-refractivity contribution in [3.8, 4) is 0 Å². The first-order valence-electron chi connectivity index (χ1n) is 13.0. The van der Waals surface area contributed by atoms with E-state index in [0.29, 0.717) is 44.2 Å². The highest BCUT2D eigenvalue weighted by Gasteiger charge is 2.55. The Morgan fingerprint density at radius 1 is 1.17 bits per heavy atom. The Morgan fingerprint density at radius 2 is 1.81 bits per heavy atom. The first-order valence-corrected chi connectivity index (χ1v) is 13.4. The van der Waals surface area contributed by atoms with E-state index in [9.17, 15) is 14.7 Å². The number of aliphatic hydroxyl groups is 1. The van der Waals surface area contributed by atoms with Gasteiger partial charge in [0.25, 0.3) is 0 Å². The van der Waals surface area contributed by atoms with Gasteiger partial charge in [0.05, 0.1) is 11.8 Å². The Kier molecular flexibility index (Phi) is 11.4. The Hall–Kier alpha value is -1.06. The smallest absolute Gasteiger partial charge is 0.248 e. The van der Waals surface area contributed by atoms with Crippen molar-refractivity contribution < 1.29 is 14.7 Å². The lowest BCUT2D eigenvalue weighted by Crippen LogP contribution is -2.75. The average Bonchev–Trinajstić information content (AvgIpc) is 3.08. The Morgan fingerprint density at radius 3 is 2.36 bits per heavy atom. The number of rotatable bonds is 7. The van der Waals surface area contributed by atoms with Gasteiger partial charge in [-0.15, -0.1) is 24.8 Å². The van der Waals surface area contributed by atoms with Gasteiger partial charge in [-0.2, -0.15) is 5.10 Å². The van der Waals surface area contributed by atoms with Gasteiger partial charge in [0.2, 0.25) is 11.8 Å². The van der Waals surface area contributed by atoms with Gasteiger partial charge >= 0.3 is 0 Å². The van der Waals surface area contributed by atoms with Gasteiger partial charge in [0, 0.05) is 38.8 Å². The normalized spacial score (nSPS) is 23.7. The minimum Gasteiger partial charge on any atom is -0.390 e. The van der Waals surface area contributed by atoms with Crippen LogP contribution in [0.2, 0.25) is 5.15 Å². The molecule has 11 heteroatoms. The number of carbonyl (C=O) groups excluding carboxylic acids is 2. The number of hydrogen-bond donors (Lipinski definition) is 2. The summed E-state index contributed by atoms with van der Waals surface area (Å²) in [4.78, 5) is 31.4. The van der Waals surface area contributed by atoms with Crippen LogP contribution in [0.5, 0.6) is 0 Å². The van der Waals surface area contributed by atoms with Crippen LogP contribution in [0.3, 0.4) is 0 Å². The summed E-state index contributed by atoms with van der Waals surface area (Å²) in [6, 6.07) is -0.826. The molecule has 2 atom stereocenters. The molecule has 1 spiro atoms. The molecule has 3 aliphatic rings. The fourth-order valence-corrected chi connectivity index (χ4v) is 6.35. The number of aliphatic hydroxyl groups excluding tert-OH is 1. The third kappa shape index (κ3) is 5.98. The van der Waals surface area contributed by atoms with Gasteiger partial charge in [0.1, 0.15) is 16.7 Å². The van der Waals surface area contributed by atoms with Crippen LogP contribution in [0.15, 0.2) is 0 Å². The van der Waals surface area contributed by atoms with Crippen LogP contribution < -0.4 is 5.32 Å². The largest absolute Gasteiger partial charge is 0.390 e. The number of amides is 2. The highest BCUT2D eigenvalue weighted by molar-refractivity contribution is 6.30. The Balaban J connectivity index is 0.00000228. The number of nitrogens with zero attached hydrogens (tertiary/aromatic N) is 4. The van der Waals surface area contributed by atoms with Crippen molar-refractivity contribution >= 4 is 48.2 Å². The van der Waals surface area contributed by atoms with E-state index < -0.39 is 17.7 Å². The summed E-state index contributed by atoms with van der Waals surface area (Å²) in [6.07, 6.45) is 7.33. The van der Waals surface area contributed by atoms with Crippen LogP contribution >= 0.6 is 36.4 Å². The molecule has 1 aromatic heterocycles. The van der Waals surface area contributed by atoms with Crippen LogP contribution in [0.1, 0.15) is 76.0 Å². The van der Waals surface area contributed by atoms with E-state index in [-0.39, 0.29) is 42.5 Å². The molecule has 0 bridgehead atoms. The Bertz CT molecular complexity index is 898. The second kappa shape index (κ2) is 13.1. The minimum atomic E-state index is -0.834. The highest BCUT2D eigenvalue weighted by atomic mass is 35.5. The molecule has 2 saturated heterocycles. The zero-order chi connectivity index (χ0) is 24.5. The summed E-state index contributed by atoms with van der Waals surface area (Å²) in [5.41, 5.74) is 1.10. The van der Waals surface area contributed by atoms with E-state index in [1.165, 1.54) is 6.42 Å². The molecule has 0 radical (unpaired) electrons. The molecule has 8 nitrogen and oxygen atoms in total. The molecule has 4 rings (SSSR count). The van der Waals surface area contributed by atoms with Crippen LogP contribution in [-0.2, 0) is 23.2 Å². The molecule has 1 saturated carbocycles. The van der Waals surface area contributed by atoms with Crippen molar-refractivity contribution in [2.75, 3.05) is 19.6 Å². The monoisotopic (exact) mass is 565 g/mol. The number of hydrogen-bond acceptors (Lipinski definition) is 5. The quantitative estimate of drug-likeness (QED) is 0.526. The SMILES string of the molecule is CCCCN1C(=O)[C@@H]([C@H](O)C2CCCCC2)NC(=O)C12CCN(Cc1c(C)nn(C)c1Cl)CC2.Cl.Cl. The minimum absolute atomic E-state index is 0. The lowest BCUT2D eigenvalue weighted by Gasteiger charge is -2.52. The van der Waals surface area contributed by atoms with E-state index in [1.807, 2.05) is 18.9 Å². The first-order chi connectivity index (χ1) is 16.3. The molecular weight excluding hydrogens is 525 g/mol. The summed E-state index contributed by atoms with van der Waals surface area (Å²) < 4.78 is 1.69. The standard InChI is InChI=1S/C25H40ClN5O3.2ClH/c1-4-5-13-31-23(33)20(21(32)18-9-7-6-8-10-18)27-24(34)25(31)11-14-30(15-12-25)16-19-17(2)28-29(3)22(19)26;;/h18,20-21,32H,4-16H2,1-3H3,(H,27,34);2*1H/t20-,21-;;/m1../s1. The van der Waals surface area contributed by atoms with Gasteiger partial charge in [-0.3, -0.25) is 19.2 Å². The van der Waals surface area contributed by atoms with Crippen LogP contribution in [0, 0.1) is 12.8 Å². The third-order valence-electron chi connectivity index (χ3n) is 8.30. The molecule has 1 aliphatic carbocycles. The van der Waals surface area contributed by atoms with Crippen molar-refractivity contribution in [3.05, 3.63) is 16.4 Å². The molecule has 2 aliphatic heterocycles. The van der Waals surface area contributed by atoms with Crippen molar-refractivity contribution in [1.82, 2.24) is 24.9 Å². The third-order valence-corrected chi connectivity index (χ3v) is 8.78. The maximum atomic E-state index is 13.7. The molecular formula is C25H42Cl3N5O3. The number of unbranched alkanes of at least 4 members (excludes halogenated alkanes) is 1. The van der Waals surface area contributed by atoms with Gasteiger partial charge in [0.15, 0.2) is 0 Å². The fraction of sp³-hybridized carbons (Fsp3) is 0.800. The number of aryl methyl sites for hydroxylation is 2. The molecule has 3 fully saturated rings. The number of carbonyl (C=O) groups is 2. The second-order valence-electron chi connectivity index (χ2n) is 10.5. The number of piperazine rings is 1. The lowest BCUT2D eigenvalue weighted by atomic mass is 9.78. The van der Waals surface area contributed by atoms with E-state index in [1.54, 1.807) is 4.68 Å². The van der Waals surface area contributed by atoms with Gasteiger partial charge in [-0.25, -0.2) is 0 Å². The summed E-state index contributed by atoms with van der Waals surface area (Å²) >= 11 is 6.44. The van der Waals surface area contributed by atoms with Crippen LogP contribution in [0.25, 0.3) is 0 Å². The van der Waals surface area contributed by atoms with Gasteiger partial charge < -0.3 is 15.3 Å². The molecule has 3 heterocycles. The number of likely N-dealkylation sites (tertiary alicyclic amines) is 1. The van der Waals surface area contributed by atoms with Crippen molar-refractivity contribution in [1.29, 1.82) is 0 Å². The molecule has 1 aromatic rings. The average molecular weight is 567 g/mol. The van der Waals surface area contributed by atoms with E-state index in [2.05, 4.69) is 22.2 Å². The fourth-order valence-electron chi connectivity index (χ4n) is 6.11. The second-order valence-corrected chi connectivity index (χ2v) is 10.8. The zero-order valence-electron chi connectivity index (χ0n) is 21.7. The molecule has 2 N–H and O–H groups in total. The summed E-state index contributed by atoms with van der Waals surface area (Å²) in [7, 11) is 1.84. The highest BCUT2D eigenvalue weighted by Crippen LogP contribution is 2.37. The molecule has 0 unspecified atom stereocenters. The zero-order valence-corrected chi connectivity index (χ0v) is 24.1. The van der Waals surface area contributed by atoms with Gasteiger partial charge in [-0.05, 0) is 44.9 Å².